The minimum absolute atomic E-state index is 0.0304. The summed E-state index contributed by atoms with van der Waals surface area (Å²) in [5.74, 6) is -0.181. The second kappa shape index (κ2) is 10.3. The maximum absolute atomic E-state index is 12.7. The molecule has 3 rings (SSSR count). The molecular weight excluding hydrogens is 416 g/mol. The average Bonchev–Trinajstić information content (AvgIpc) is 2.80. The van der Waals surface area contributed by atoms with E-state index in [1.54, 1.807) is 24.3 Å². The molecule has 2 aromatic carbocycles. The first kappa shape index (κ1) is 22.6. The number of fused-ring (bicyclic) bond motifs is 1. The molecule has 1 aromatic heterocycles. The fourth-order valence-electron chi connectivity index (χ4n) is 3.05. The van der Waals surface area contributed by atoms with E-state index in [9.17, 15) is 14.4 Å². The van der Waals surface area contributed by atoms with Crippen molar-refractivity contribution in [2.75, 3.05) is 19.8 Å². The van der Waals surface area contributed by atoms with Crippen LogP contribution >= 0.6 is 0 Å². The zero-order valence-corrected chi connectivity index (χ0v) is 18.0. The van der Waals surface area contributed by atoms with Crippen LogP contribution in [-0.4, -0.2) is 41.8 Å². The molecule has 0 aliphatic heterocycles. The summed E-state index contributed by atoms with van der Waals surface area (Å²) in [5.41, 5.74) is 4.41. The van der Waals surface area contributed by atoms with Crippen LogP contribution in [0.2, 0.25) is 0 Å². The smallest absolute Gasteiger partial charge is 0.290 e. The van der Waals surface area contributed by atoms with Gasteiger partial charge in [0, 0.05) is 10.9 Å². The third-order valence-corrected chi connectivity index (χ3v) is 4.37. The lowest BCUT2D eigenvalue weighted by molar-refractivity contribution is 0.0844. The Hall–Kier alpha value is -4.08. The first-order chi connectivity index (χ1) is 15.5. The molecule has 0 atom stereocenters. The summed E-state index contributed by atoms with van der Waals surface area (Å²) in [4.78, 5) is 37.2. The highest BCUT2D eigenvalue weighted by Crippen LogP contribution is 2.39. The van der Waals surface area contributed by atoms with Crippen molar-refractivity contribution >= 4 is 22.6 Å². The largest absolute Gasteiger partial charge is 0.490 e. The molecule has 3 aromatic rings. The Bertz CT molecular complexity index is 1160. The molecule has 0 aliphatic rings. The van der Waals surface area contributed by atoms with Gasteiger partial charge in [-0.05, 0) is 39.0 Å². The van der Waals surface area contributed by atoms with E-state index in [-0.39, 0.29) is 11.3 Å². The molecule has 0 unspecified atom stereocenters. The van der Waals surface area contributed by atoms with Crippen LogP contribution in [-0.2, 0) is 0 Å². The molecular formula is C22H24N4O6. The third kappa shape index (κ3) is 4.80. The number of amides is 2. The van der Waals surface area contributed by atoms with Crippen molar-refractivity contribution in [1.29, 1.82) is 0 Å². The van der Waals surface area contributed by atoms with Crippen LogP contribution < -0.4 is 30.6 Å². The van der Waals surface area contributed by atoms with Crippen molar-refractivity contribution in [3.63, 3.8) is 0 Å². The fourth-order valence-corrected chi connectivity index (χ4v) is 3.05. The second-order valence-electron chi connectivity index (χ2n) is 6.46. The van der Waals surface area contributed by atoms with Gasteiger partial charge in [-0.1, -0.05) is 18.2 Å². The van der Waals surface area contributed by atoms with Crippen molar-refractivity contribution in [1.82, 2.24) is 21.0 Å². The van der Waals surface area contributed by atoms with Crippen molar-refractivity contribution in [2.45, 2.75) is 20.8 Å². The summed E-state index contributed by atoms with van der Waals surface area (Å²) < 4.78 is 16.8. The van der Waals surface area contributed by atoms with Gasteiger partial charge in [0.05, 0.1) is 25.2 Å². The SMILES string of the molecule is CCOc1cc(C(=O)NNC(=O)c2n[nH]c(=O)c3ccccc23)cc(OCC)c1OCC. The maximum Gasteiger partial charge on any atom is 0.290 e. The van der Waals surface area contributed by atoms with Crippen molar-refractivity contribution < 1.29 is 23.8 Å². The van der Waals surface area contributed by atoms with Crippen LogP contribution in [0.5, 0.6) is 17.2 Å². The van der Waals surface area contributed by atoms with E-state index in [0.717, 1.165) is 0 Å². The summed E-state index contributed by atoms with van der Waals surface area (Å²) in [6, 6.07) is 9.56. The number of benzene rings is 2. The summed E-state index contributed by atoms with van der Waals surface area (Å²) in [6.07, 6.45) is 0. The number of aromatic nitrogens is 2. The fraction of sp³-hybridized carbons (Fsp3) is 0.273. The van der Waals surface area contributed by atoms with Gasteiger partial charge in [0.1, 0.15) is 0 Å². The Balaban J connectivity index is 1.83. The van der Waals surface area contributed by atoms with Crippen LogP contribution in [0.3, 0.4) is 0 Å². The van der Waals surface area contributed by atoms with Crippen LogP contribution in [0.1, 0.15) is 41.6 Å². The number of ether oxygens (including phenoxy) is 3. The number of hydrogen-bond acceptors (Lipinski definition) is 7. The molecule has 0 saturated carbocycles. The number of hydrogen-bond donors (Lipinski definition) is 3. The number of aromatic amines is 1. The van der Waals surface area contributed by atoms with E-state index >= 15 is 0 Å². The molecule has 0 fully saturated rings. The zero-order valence-electron chi connectivity index (χ0n) is 18.0. The Labute approximate surface area is 183 Å². The van der Waals surface area contributed by atoms with Gasteiger partial charge in [-0.15, -0.1) is 0 Å². The van der Waals surface area contributed by atoms with E-state index in [1.807, 2.05) is 20.8 Å². The van der Waals surface area contributed by atoms with Gasteiger partial charge in [0.15, 0.2) is 17.2 Å². The van der Waals surface area contributed by atoms with E-state index in [0.29, 0.717) is 47.8 Å². The number of nitrogens with zero attached hydrogens (tertiary/aromatic N) is 1. The molecule has 168 valence electrons. The summed E-state index contributed by atoms with van der Waals surface area (Å²) in [7, 11) is 0. The highest BCUT2D eigenvalue weighted by Gasteiger charge is 2.20. The monoisotopic (exact) mass is 440 g/mol. The highest BCUT2D eigenvalue weighted by molar-refractivity contribution is 6.06. The molecule has 1 heterocycles. The number of carbonyl (C=O) groups is 2. The molecule has 0 saturated heterocycles. The number of carbonyl (C=O) groups excluding carboxylic acids is 2. The van der Waals surface area contributed by atoms with Gasteiger partial charge >= 0.3 is 0 Å². The maximum atomic E-state index is 12.7. The predicted octanol–water partition coefficient (Wildman–Crippen LogP) is 2.19. The lowest BCUT2D eigenvalue weighted by Gasteiger charge is -2.17. The Morgan fingerprint density at radius 3 is 2.03 bits per heavy atom. The normalized spacial score (nSPS) is 10.5. The molecule has 10 heteroatoms. The standard InChI is InChI=1S/C22H24N4O6/c1-4-30-16-11-13(12-17(31-5-2)19(16)32-6-3)20(27)24-26-22(29)18-14-9-7-8-10-15(14)21(28)25-23-18/h7-12H,4-6H2,1-3H3,(H,24,27)(H,25,28)(H,26,29). The summed E-state index contributed by atoms with van der Waals surface area (Å²) in [6.45, 7) is 6.56. The quantitative estimate of drug-likeness (QED) is 0.458. The number of nitrogens with one attached hydrogen (secondary N) is 3. The number of rotatable bonds is 8. The Morgan fingerprint density at radius 1 is 0.875 bits per heavy atom. The molecule has 2 amide bonds. The van der Waals surface area contributed by atoms with E-state index < -0.39 is 17.4 Å². The van der Waals surface area contributed by atoms with Gasteiger partial charge in [-0.3, -0.25) is 25.2 Å². The van der Waals surface area contributed by atoms with Gasteiger partial charge in [-0.2, -0.15) is 5.10 Å². The van der Waals surface area contributed by atoms with E-state index in [1.165, 1.54) is 12.1 Å². The number of H-pyrrole nitrogens is 1. The van der Waals surface area contributed by atoms with Gasteiger partial charge < -0.3 is 14.2 Å². The van der Waals surface area contributed by atoms with Gasteiger partial charge in [-0.25, -0.2) is 5.10 Å². The average molecular weight is 440 g/mol. The minimum atomic E-state index is -0.688. The number of hydrazine groups is 1. The molecule has 10 nitrogen and oxygen atoms in total. The van der Waals surface area contributed by atoms with Crippen molar-refractivity contribution in [2.24, 2.45) is 0 Å². The molecule has 0 radical (unpaired) electrons. The lowest BCUT2D eigenvalue weighted by Crippen LogP contribution is -2.42. The summed E-state index contributed by atoms with van der Waals surface area (Å²) in [5, 5.41) is 6.76. The summed E-state index contributed by atoms with van der Waals surface area (Å²) >= 11 is 0. The van der Waals surface area contributed by atoms with Gasteiger partial charge in [0.2, 0.25) is 5.75 Å². The highest BCUT2D eigenvalue weighted by atomic mass is 16.5. The second-order valence-corrected chi connectivity index (χ2v) is 6.46. The molecule has 0 aliphatic carbocycles. The molecule has 0 spiro atoms. The first-order valence-electron chi connectivity index (χ1n) is 10.1. The third-order valence-electron chi connectivity index (χ3n) is 4.37. The zero-order chi connectivity index (χ0) is 23.1. The van der Waals surface area contributed by atoms with Crippen LogP contribution in [0.4, 0.5) is 0 Å². The predicted molar refractivity (Wildman–Crippen MR) is 117 cm³/mol. The molecule has 0 bridgehead atoms. The van der Waals surface area contributed by atoms with Crippen LogP contribution in [0.25, 0.3) is 10.8 Å². The molecule has 32 heavy (non-hydrogen) atoms. The van der Waals surface area contributed by atoms with Crippen LogP contribution in [0.15, 0.2) is 41.2 Å². The van der Waals surface area contributed by atoms with Crippen molar-refractivity contribution in [3.8, 4) is 17.2 Å². The minimum Gasteiger partial charge on any atom is -0.490 e. The first-order valence-corrected chi connectivity index (χ1v) is 10.1. The molecule has 3 N–H and O–H groups in total. The topological polar surface area (TPSA) is 132 Å². The van der Waals surface area contributed by atoms with E-state index in [2.05, 4.69) is 21.0 Å². The van der Waals surface area contributed by atoms with Gasteiger partial charge in [0.25, 0.3) is 17.4 Å². The Kier molecular flexibility index (Phi) is 7.27. The Morgan fingerprint density at radius 2 is 1.44 bits per heavy atom. The van der Waals surface area contributed by atoms with Crippen molar-refractivity contribution in [3.05, 3.63) is 58.0 Å². The van der Waals surface area contributed by atoms with Crippen LogP contribution in [0, 0.1) is 0 Å². The lowest BCUT2D eigenvalue weighted by atomic mass is 10.1. The van der Waals surface area contributed by atoms with E-state index in [4.69, 9.17) is 14.2 Å².